The van der Waals surface area contributed by atoms with Gasteiger partial charge >= 0.3 is 12.1 Å². The van der Waals surface area contributed by atoms with E-state index in [0.29, 0.717) is 6.42 Å². The largest absolute Gasteiger partial charge is 0.480 e. The molecule has 2 aromatic carbocycles. The van der Waals surface area contributed by atoms with Crippen LogP contribution in [0.2, 0.25) is 0 Å². The molecule has 2 aromatic rings. The average Bonchev–Trinajstić information content (AvgIpc) is 3.02. The highest BCUT2D eigenvalue weighted by molar-refractivity contribution is 5.81. The van der Waals surface area contributed by atoms with Crippen LogP contribution in [-0.2, 0) is 9.53 Å². The molecule has 5 heteroatoms. The monoisotopic (exact) mass is 381 g/mol. The lowest BCUT2D eigenvalue weighted by Gasteiger charge is -2.25. The molecular weight excluding hydrogens is 354 g/mol. The van der Waals surface area contributed by atoms with Crippen LogP contribution in [0.15, 0.2) is 48.5 Å². The van der Waals surface area contributed by atoms with Gasteiger partial charge in [0.1, 0.15) is 12.6 Å². The number of rotatable bonds is 8. The van der Waals surface area contributed by atoms with E-state index < -0.39 is 18.1 Å². The second-order valence-electron chi connectivity index (χ2n) is 7.26. The lowest BCUT2D eigenvalue weighted by Crippen LogP contribution is -2.43. The molecule has 1 N–H and O–H groups in total. The number of carbonyl (C=O) groups excluding carboxylic acids is 1. The highest BCUT2D eigenvalue weighted by atomic mass is 16.6. The quantitative estimate of drug-likeness (QED) is 0.661. The van der Waals surface area contributed by atoms with Crippen molar-refractivity contribution in [2.75, 3.05) is 13.7 Å². The Bertz CT molecular complexity index is 803. The number of amides is 1. The van der Waals surface area contributed by atoms with Crippen molar-refractivity contribution in [2.24, 2.45) is 0 Å². The topological polar surface area (TPSA) is 66.8 Å². The van der Waals surface area contributed by atoms with E-state index in [4.69, 9.17) is 4.74 Å². The average molecular weight is 381 g/mol. The molecule has 0 saturated carbocycles. The number of carboxylic acid groups (broad SMARTS) is 1. The van der Waals surface area contributed by atoms with Crippen LogP contribution >= 0.6 is 0 Å². The number of ether oxygens (including phenoxy) is 1. The molecule has 1 amide bonds. The van der Waals surface area contributed by atoms with Crippen molar-refractivity contribution in [3.05, 3.63) is 59.7 Å². The first kappa shape index (κ1) is 19.9. The molecule has 0 aromatic heterocycles. The molecule has 1 atom stereocenters. The minimum absolute atomic E-state index is 0.0341. The molecular formula is C23H27NO4. The Hall–Kier alpha value is -2.82. The molecule has 0 bridgehead atoms. The van der Waals surface area contributed by atoms with Gasteiger partial charge in [0.05, 0.1) is 0 Å². The minimum Gasteiger partial charge on any atom is -0.480 e. The zero-order valence-electron chi connectivity index (χ0n) is 16.4. The number of carbonyl (C=O) groups is 2. The summed E-state index contributed by atoms with van der Waals surface area (Å²) < 4.78 is 5.56. The molecule has 148 valence electrons. The normalized spacial score (nSPS) is 13.5. The van der Waals surface area contributed by atoms with Crippen molar-refractivity contribution < 1.29 is 19.4 Å². The zero-order valence-corrected chi connectivity index (χ0v) is 16.4. The van der Waals surface area contributed by atoms with Crippen molar-refractivity contribution in [2.45, 2.75) is 44.6 Å². The minimum atomic E-state index is -0.993. The molecule has 0 radical (unpaired) electrons. The fraction of sp³-hybridized carbons (Fsp3) is 0.391. The maximum absolute atomic E-state index is 12.5. The van der Waals surface area contributed by atoms with E-state index in [1.807, 2.05) is 24.3 Å². The van der Waals surface area contributed by atoms with Gasteiger partial charge in [0.2, 0.25) is 0 Å². The lowest BCUT2D eigenvalue weighted by molar-refractivity contribution is -0.142. The van der Waals surface area contributed by atoms with Gasteiger partial charge in [0, 0.05) is 13.0 Å². The zero-order chi connectivity index (χ0) is 20.1. The molecule has 0 saturated heterocycles. The summed E-state index contributed by atoms with van der Waals surface area (Å²) in [5.74, 6) is -1.03. The van der Waals surface area contributed by atoms with Crippen molar-refractivity contribution in [1.82, 2.24) is 4.90 Å². The van der Waals surface area contributed by atoms with E-state index in [9.17, 15) is 14.7 Å². The van der Waals surface area contributed by atoms with Gasteiger partial charge in [0.25, 0.3) is 0 Å². The third-order valence-corrected chi connectivity index (χ3v) is 5.46. The Balaban J connectivity index is 1.69. The Morgan fingerprint density at radius 3 is 2.14 bits per heavy atom. The Labute approximate surface area is 165 Å². The summed E-state index contributed by atoms with van der Waals surface area (Å²) in [6.45, 7) is 2.25. The Morgan fingerprint density at radius 1 is 1.04 bits per heavy atom. The van der Waals surface area contributed by atoms with Crippen LogP contribution in [0, 0.1) is 0 Å². The summed E-state index contributed by atoms with van der Waals surface area (Å²) in [5, 5.41) is 9.48. The standard InChI is InChI=1S/C23H27NO4/c1-3-4-5-14-21(22(25)26)24(2)23(27)28-15-20-18-12-8-6-10-16(18)17-11-7-9-13-19(17)20/h6-13,20-21H,3-5,14-15H2,1-2H3,(H,25,26). The molecule has 0 aliphatic heterocycles. The van der Waals surface area contributed by atoms with Gasteiger partial charge in [-0.2, -0.15) is 0 Å². The number of hydrogen-bond acceptors (Lipinski definition) is 3. The van der Waals surface area contributed by atoms with Crippen molar-refractivity contribution >= 4 is 12.1 Å². The van der Waals surface area contributed by atoms with E-state index in [1.165, 1.54) is 11.9 Å². The predicted molar refractivity (Wildman–Crippen MR) is 108 cm³/mol. The van der Waals surface area contributed by atoms with Crippen LogP contribution in [0.1, 0.15) is 49.7 Å². The summed E-state index contributed by atoms with van der Waals surface area (Å²) in [7, 11) is 1.50. The van der Waals surface area contributed by atoms with Crippen LogP contribution < -0.4 is 0 Å². The summed E-state index contributed by atoms with van der Waals surface area (Å²) in [4.78, 5) is 25.3. The number of aliphatic carboxylic acids is 1. The van der Waals surface area contributed by atoms with E-state index >= 15 is 0 Å². The first-order valence-corrected chi connectivity index (χ1v) is 9.85. The van der Waals surface area contributed by atoms with Gasteiger partial charge in [-0.15, -0.1) is 0 Å². The summed E-state index contributed by atoms with van der Waals surface area (Å²) in [6.07, 6.45) is 2.56. The van der Waals surface area contributed by atoms with Crippen molar-refractivity contribution in [1.29, 1.82) is 0 Å². The van der Waals surface area contributed by atoms with Crippen LogP contribution in [0.4, 0.5) is 4.79 Å². The highest BCUT2D eigenvalue weighted by Crippen LogP contribution is 2.44. The fourth-order valence-corrected chi connectivity index (χ4v) is 3.89. The number of nitrogens with zero attached hydrogens (tertiary/aromatic N) is 1. The number of hydrogen-bond donors (Lipinski definition) is 1. The second kappa shape index (κ2) is 8.91. The molecule has 1 aliphatic rings. The molecule has 0 heterocycles. The SMILES string of the molecule is CCCCCC(C(=O)O)N(C)C(=O)OCC1c2ccccc2-c2ccccc21. The molecule has 1 aliphatic carbocycles. The Morgan fingerprint density at radius 2 is 1.61 bits per heavy atom. The maximum Gasteiger partial charge on any atom is 0.410 e. The number of likely N-dealkylation sites (N-methyl/N-ethyl adjacent to an activating group) is 1. The summed E-state index contributed by atoms with van der Waals surface area (Å²) >= 11 is 0. The first-order valence-electron chi connectivity index (χ1n) is 9.85. The molecule has 28 heavy (non-hydrogen) atoms. The maximum atomic E-state index is 12.5. The summed E-state index contributed by atoms with van der Waals surface area (Å²) in [6, 6.07) is 15.4. The smallest absolute Gasteiger partial charge is 0.410 e. The number of fused-ring (bicyclic) bond motifs is 3. The molecule has 5 nitrogen and oxygen atoms in total. The van der Waals surface area contributed by atoms with E-state index in [2.05, 4.69) is 31.2 Å². The third-order valence-electron chi connectivity index (χ3n) is 5.46. The van der Waals surface area contributed by atoms with Gasteiger partial charge in [-0.1, -0.05) is 74.7 Å². The second-order valence-corrected chi connectivity index (χ2v) is 7.26. The van der Waals surface area contributed by atoms with Crippen LogP contribution in [0.3, 0.4) is 0 Å². The van der Waals surface area contributed by atoms with Crippen molar-refractivity contribution in [3.63, 3.8) is 0 Å². The number of benzene rings is 2. The lowest BCUT2D eigenvalue weighted by atomic mass is 9.98. The summed E-state index contributed by atoms with van der Waals surface area (Å²) in [5.41, 5.74) is 4.60. The van der Waals surface area contributed by atoms with Gasteiger partial charge in [0.15, 0.2) is 0 Å². The van der Waals surface area contributed by atoms with E-state index in [0.717, 1.165) is 41.5 Å². The van der Waals surface area contributed by atoms with Crippen LogP contribution in [0.25, 0.3) is 11.1 Å². The number of unbranched alkanes of at least 4 members (excludes halogenated alkanes) is 2. The highest BCUT2D eigenvalue weighted by Gasteiger charge is 2.31. The van der Waals surface area contributed by atoms with Gasteiger partial charge < -0.3 is 9.84 Å². The van der Waals surface area contributed by atoms with Crippen LogP contribution in [-0.4, -0.2) is 41.8 Å². The molecule has 3 rings (SSSR count). The predicted octanol–water partition coefficient (Wildman–Crippen LogP) is 4.90. The number of carboxylic acids is 1. The Kier molecular flexibility index (Phi) is 6.34. The first-order chi connectivity index (χ1) is 13.5. The third kappa shape index (κ3) is 4.03. The molecule has 0 spiro atoms. The van der Waals surface area contributed by atoms with Crippen LogP contribution in [0.5, 0.6) is 0 Å². The van der Waals surface area contributed by atoms with Crippen molar-refractivity contribution in [3.8, 4) is 11.1 Å². The van der Waals surface area contributed by atoms with Gasteiger partial charge in [-0.3, -0.25) is 4.90 Å². The van der Waals surface area contributed by atoms with Gasteiger partial charge in [-0.05, 0) is 28.7 Å². The molecule has 1 unspecified atom stereocenters. The van der Waals surface area contributed by atoms with Gasteiger partial charge in [-0.25, -0.2) is 9.59 Å². The molecule has 0 fully saturated rings. The van der Waals surface area contributed by atoms with E-state index in [1.54, 1.807) is 0 Å². The fourth-order valence-electron chi connectivity index (χ4n) is 3.89. The van der Waals surface area contributed by atoms with E-state index in [-0.39, 0.29) is 12.5 Å².